The molecule has 0 unspecified atom stereocenters. The average molecular weight is 449 g/mol. The molecule has 0 radical (unpaired) electrons. The highest BCUT2D eigenvalue weighted by Crippen LogP contribution is 2.22. The van der Waals surface area contributed by atoms with Crippen LogP contribution in [0.25, 0.3) is 0 Å². The van der Waals surface area contributed by atoms with E-state index in [1.807, 2.05) is 78.9 Å². The number of aliphatic carboxylic acids is 1. The number of ether oxygens (including phenoxy) is 1. The van der Waals surface area contributed by atoms with Gasteiger partial charge in [0.25, 0.3) is 0 Å². The molecule has 2 atom stereocenters. The molecule has 3 aromatic carbocycles. The number of carbonyl (C=O) groups is 1. The van der Waals surface area contributed by atoms with Crippen LogP contribution in [-0.4, -0.2) is 34.0 Å². The monoisotopic (exact) mass is 448 g/mol. The van der Waals surface area contributed by atoms with Crippen LogP contribution in [0, 0.1) is 0 Å². The van der Waals surface area contributed by atoms with E-state index in [0.717, 1.165) is 22.3 Å². The van der Waals surface area contributed by atoms with Crippen molar-refractivity contribution in [3.8, 4) is 5.75 Å². The zero-order valence-corrected chi connectivity index (χ0v) is 18.8. The number of para-hydroxylation sites is 1. The molecule has 0 saturated heterocycles. The van der Waals surface area contributed by atoms with Gasteiger partial charge in [0.15, 0.2) is 0 Å². The summed E-state index contributed by atoms with van der Waals surface area (Å²) in [5.41, 5.74) is 3.92. The van der Waals surface area contributed by atoms with Crippen molar-refractivity contribution in [3.05, 3.63) is 101 Å². The average Bonchev–Trinajstić information content (AvgIpc) is 2.83. The molecular formula is C28H32O5. The third-order valence-corrected chi connectivity index (χ3v) is 5.66. The van der Waals surface area contributed by atoms with Gasteiger partial charge in [0.1, 0.15) is 5.75 Å². The van der Waals surface area contributed by atoms with Gasteiger partial charge in [0.05, 0.1) is 18.8 Å². The van der Waals surface area contributed by atoms with Gasteiger partial charge in [-0.15, -0.1) is 0 Å². The van der Waals surface area contributed by atoms with Crippen LogP contribution in [-0.2, 0) is 24.1 Å². The van der Waals surface area contributed by atoms with E-state index in [-0.39, 0.29) is 6.42 Å². The van der Waals surface area contributed by atoms with Crippen LogP contribution < -0.4 is 4.74 Å². The second-order valence-corrected chi connectivity index (χ2v) is 8.28. The number of rotatable bonds is 13. The number of hydrogen-bond acceptors (Lipinski definition) is 4. The smallest absolute Gasteiger partial charge is 0.303 e. The summed E-state index contributed by atoms with van der Waals surface area (Å²) < 4.78 is 5.81. The molecule has 3 aromatic rings. The molecule has 0 amide bonds. The normalized spacial score (nSPS) is 12.8. The summed E-state index contributed by atoms with van der Waals surface area (Å²) in [6.07, 6.45) is 1.77. The van der Waals surface area contributed by atoms with E-state index in [2.05, 4.69) is 0 Å². The predicted molar refractivity (Wildman–Crippen MR) is 128 cm³/mol. The first-order valence-corrected chi connectivity index (χ1v) is 11.4. The highest BCUT2D eigenvalue weighted by molar-refractivity contribution is 5.67. The molecular weight excluding hydrogens is 416 g/mol. The molecule has 3 rings (SSSR count). The van der Waals surface area contributed by atoms with Crippen LogP contribution in [0.5, 0.6) is 5.75 Å². The fourth-order valence-electron chi connectivity index (χ4n) is 3.79. The Labute approximate surface area is 195 Å². The van der Waals surface area contributed by atoms with Crippen molar-refractivity contribution < 1.29 is 24.9 Å². The first-order valence-electron chi connectivity index (χ1n) is 11.4. The van der Waals surface area contributed by atoms with Gasteiger partial charge in [0, 0.05) is 19.3 Å². The Hall–Kier alpha value is -3.15. The van der Waals surface area contributed by atoms with Crippen LogP contribution in [0.4, 0.5) is 0 Å². The standard InChI is InChI=1S/C28H32O5/c29-25(17-18-33-27-12-5-4-10-23(27)14-16-28(31)32)15-13-22-9-6-11-24(19-22)26(30)20-21-7-2-1-3-8-21/h1-12,19,25-26,29-30H,13-18,20H2,(H,31,32)/t25-,26-/m0/s1. The highest BCUT2D eigenvalue weighted by Gasteiger charge is 2.11. The summed E-state index contributed by atoms with van der Waals surface area (Å²) in [5.74, 6) is -0.164. The van der Waals surface area contributed by atoms with E-state index < -0.39 is 18.2 Å². The van der Waals surface area contributed by atoms with Crippen LogP contribution in [0.1, 0.15) is 47.6 Å². The Kier molecular flexibility index (Phi) is 9.48. The summed E-state index contributed by atoms with van der Waals surface area (Å²) in [6.45, 7) is 0.362. The van der Waals surface area contributed by atoms with Gasteiger partial charge in [0.2, 0.25) is 0 Å². The third kappa shape index (κ3) is 8.37. The van der Waals surface area contributed by atoms with E-state index in [0.29, 0.717) is 44.5 Å². The van der Waals surface area contributed by atoms with Crippen LogP contribution in [0.2, 0.25) is 0 Å². The first-order chi connectivity index (χ1) is 16.0. The molecule has 0 spiro atoms. The van der Waals surface area contributed by atoms with E-state index in [1.165, 1.54) is 0 Å². The second-order valence-electron chi connectivity index (χ2n) is 8.28. The molecule has 0 aliphatic carbocycles. The summed E-state index contributed by atoms with van der Waals surface area (Å²) >= 11 is 0. The molecule has 0 bridgehead atoms. The van der Waals surface area contributed by atoms with E-state index in [9.17, 15) is 15.0 Å². The third-order valence-electron chi connectivity index (χ3n) is 5.66. The number of aliphatic hydroxyl groups excluding tert-OH is 2. The number of aliphatic hydroxyl groups is 2. The van der Waals surface area contributed by atoms with Gasteiger partial charge >= 0.3 is 5.97 Å². The minimum atomic E-state index is -0.836. The maximum Gasteiger partial charge on any atom is 0.303 e. The number of aryl methyl sites for hydroxylation is 2. The van der Waals surface area contributed by atoms with Gasteiger partial charge in [-0.05, 0) is 47.6 Å². The number of hydrogen-bond donors (Lipinski definition) is 3. The molecule has 0 aromatic heterocycles. The molecule has 0 fully saturated rings. The molecule has 5 heteroatoms. The minimum Gasteiger partial charge on any atom is -0.493 e. The quantitative estimate of drug-likeness (QED) is 0.352. The van der Waals surface area contributed by atoms with Gasteiger partial charge in [-0.1, -0.05) is 72.8 Å². The Morgan fingerprint density at radius 3 is 2.33 bits per heavy atom. The molecule has 0 aliphatic heterocycles. The van der Waals surface area contributed by atoms with E-state index >= 15 is 0 Å². The molecule has 5 nitrogen and oxygen atoms in total. The molecule has 3 N–H and O–H groups in total. The summed E-state index contributed by atoms with van der Waals surface area (Å²) in [4.78, 5) is 10.8. The lowest BCUT2D eigenvalue weighted by atomic mass is 9.97. The summed E-state index contributed by atoms with van der Waals surface area (Å²) in [7, 11) is 0. The van der Waals surface area contributed by atoms with Crippen molar-refractivity contribution in [2.24, 2.45) is 0 Å². The number of benzene rings is 3. The Balaban J connectivity index is 1.44. The zero-order chi connectivity index (χ0) is 23.5. The Morgan fingerprint density at radius 1 is 0.818 bits per heavy atom. The predicted octanol–water partition coefficient (Wildman–Crippen LogP) is 4.74. The largest absolute Gasteiger partial charge is 0.493 e. The highest BCUT2D eigenvalue weighted by atomic mass is 16.5. The van der Waals surface area contributed by atoms with Crippen LogP contribution in [0.15, 0.2) is 78.9 Å². The van der Waals surface area contributed by atoms with Gasteiger partial charge < -0.3 is 20.1 Å². The SMILES string of the molecule is O=C(O)CCc1ccccc1OCC[C@@H](O)CCc1cccc([C@@H](O)Cc2ccccc2)c1. The Bertz CT molecular complexity index is 1000. The molecule has 33 heavy (non-hydrogen) atoms. The molecule has 0 saturated carbocycles. The lowest BCUT2D eigenvalue weighted by Gasteiger charge is -2.15. The van der Waals surface area contributed by atoms with E-state index in [4.69, 9.17) is 9.84 Å². The Morgan fingerprint density at radius 2 is 1.55 bits per heavy atom. The molecule has 174 valence electrons. The van der Waals surface area contributed by atoms with Crippen LogP contribution in [0.3, 0.4) is 0 Å². The van der Waals surface area contributed by atoms with Crippen molar-refractivity contribution in [2.75, 3.05) is 6.61 Å². The van der Waals surface area contributed by atoms with Crippen molar-refractivity contribution in [2.45, 2.75) is 50.7 Å². The van der Waals surface area contributed by atoms with Crippen molar-refractivity contribution in [1.29, 1.82) is 0 Å². The first kappa shape index (κ1) is 24.5. The van der Waals surface area contributed by atoms with Gasteiger partial charge in [-0.2, -0.15) is 0 Å². The summed E-state index contributed by atoms with van der Waals surface area (Å²) in [5, 5.41) is 29.9. The zero-order valence-electron chi connectivity index (χ0n) is 18.8. The van der Waals surface area contributed by atoms with Crippen molar-refractivity contribution >= 4 is 5.97 Å². The topological polar surface area (TPSA) is 87.0 Å². The maximum atomic E-state index is 10.8. The van der Waals surface area contributed by atoms with Crippen molar-refractivity contribution in [1.82, 2.24) is 0 Å². The fraction of sp³-hybridized carbons (Fsp3) is 0.321. The maximum absolute atomic E-state index is 10.8. The molecule has 0 aliphatic rings. The lowest BCUT2D eigenvalue weighted by molar-refractivity contribution is -0.136. The number of carboxylic acid groups (broad SMARTS) is 1. The summed E-state index contributed by atoms with van der Waals surface area (Å²) in [6, 6.07) is 25.2. The fourth-order valence-corrected chi connectivity index (χ4v) is 3.79. The second kappa shape index (κ2) is 12.8. The van der Waals surface area contributed by atoms with E-state index in [1.54, 1.807) is 0 Å². The molecule has 0 heterocycles. The lowest BCUT2D eigenvalue weighted by Crippen LogP contribution is -2.13. The van der Waals surface area contributed by atoms with Crippen LogP contribution >= 0.6 is 0 Å². The van der Waals surface area contributed by atoms with Crippen molar-refractivity contribution in [3.63, 3.8) is 0 Å². The number of carboxylic acids is 1. The van der Waals surface area contributed by atoms with Gasteiger partial charge in [-0.25, -0.2) is 0 Å². The minimum absolute atomic E-state index is 0.0576. The van der Waals surface area contributed by atoms with Gasteiger partial charge in [-0.3, -0.25) is 4.79 Å².